The van der Waals surface area contributed by atoms with Gasteiger partial charge in [-0.3, -0.25) is 4.79 Å². The van der Waals surface area contributed by atoms with Gasteiger partial charge >= 0.3 is 5.97 Å². The fourth-order valence-electron chi connectivity index (χ4n) is 2.60. The molecule has 1 saturated heterocycles. The summed E-state index contributed by atoms with van der Waals surface area (Å²) in [4.78, 5) is 30.4. The number of esters is 1. The summed E-state index contributed by atoms with van der Waals surface area (Å²) < 4.78 is 5.37. The summed E-state index contributed by atoms with van der Waals surface area (Å²) in [5.41, 5.74) is 1.60. The molecule has 1 aromatic carbocycles. The van der Waals surface area contributed by atoms with Crippen molar-refractivity contribution in [3.05, 3.63) is 44.9 Å². The molecule has 2 aromatic rings. The van der Waals surface area contributed by atoms with Gasteiger partial charge in [0.1, 0.15) is 6.61 Å². The first-order valence-corrected chi connectivity index (χ1v) is 9.04. The van der Waals surface area contributed by atoms with Crippen LogP contribution >= 0.6 is 22.9 Å². The maximum absolute atomic E-state index is 12.5. The van der Waals surface area contributed by atoms with Gasteiger partial charge < -0.3 is 9.64 Å². The highest BCUT2D eigenvalue weighted by Gasteiger charge is 2.26. The summed E-state index contributed by atoms with van der Waals surface area (Å²) in [7, 11) is 0. The second-order valence-corrected chi connectivity index (χ2v) is 6.85. The summed E-state index contributed by atoms with van der Waals surface area (Å²) in [6.07, 6.45) is 2.12. The van der Waals surface area contributed by atoms with Crippen molar-refractivity contribution >= 4 is 40.5 Å². The lowest BCUT2D eigenvalue weighted by Crippen LogP contribution is -2.26. The zero-order valence-electron chi connectivity index (χ0n) is 13.3. The van der Waals surface area contributed by atoms with Gasteiger partial charge in [-0.05, 0) is 31.0 Å². The molecular formula is C17H17ClN2O3S. The fourth-order valence-corrected chi connectivity index (χ4v) is 3.49. The minimum absolute atomic E-state index is 0.00148. The normalized spacial score (nSPS) is 14.2. The average molecular weight is 365 g/mol. The van der Waals surface area contributed by atoms with Crippen molar-refractivity contribution in [2.24, 2.45) is 0 Å². The van der Waals surface area contributed by atoms with Gasteiger partial charge in [0.25, 0.3) is 0 Å². The molecular weight excluding hydrogens is 348 g/mol. The molecule has 1 aliphatic heterocycles. The van der Waals surface area contributed by atoms with Gasteiger partial charge in [-0.15, -0.1) is 11.3 Å². The molecule has 3 rings (SSSR count). The Hall–Kier alpha value is -1.92. The van der Waals surface area contributed by atoms with Crippen LogP contribution in [-0.2, 0) is 22.6 Å². The minimum atomic E-state index is -0.479. The predicted molar refractivity (Wildman–Crippen MR) is 93.7 cm³/mol. The van der Waals surface area contributed by atoms with Crippen LogP contribution in [-0.4, -0.2) is 23.4 Å². The van der Waals surface area contributed by atoms with Crippen LogP contribution < -0.4 is 4.90 Å². The van der Waals surface area contributed by atoms with Crippen LogP contribution in [0.15, 0.2) is 23.6 Å². The number of halogens is 1. The van der Waals surface area contributed by atoms with Crippen molar-refractivity contribution in [2.75, 3.05) is 11.4 Å². The number of benzene rings is 1. The van der Waals surface area contributed by atoms with E-state index in [4.69, 9.17) is 16.3 Å². The molecule has 1 aliphatic rings. The van der Waals surface area contributed by atoms with Crippen LogP contribution in [0.25, 0.3) is 0 Å². The van der Waals surface area contributed by atoms with Crippen LogP contribution in [0.1, 0.15) is 40.8 Å². The highest BCUT2D eigenvalue weighted by atomic mass is 35.5. The molecule has 0 bridgehead atoms. The first-order chi connectivity index (χ1) is 11.6. The van der Waals surface area contributed by atoms with Crippen molar-refractivity contribution in [3.63, 3.8) is 0 Å². The maximum Gasteiger partial charge on any atom is 0.340 e. The van der Waals surface area contributed by atoms with Crippen molar-refractivity contribution in [1.82, 2.24) is 4.98 Å². The third-order valence-electron chi connectivity index (χ3n) is 3.80. The summed E-state index contributed by atoms with van der Waals surface area (Å²) in [5, 5.41) is 3.38. The summed E-state index contributed by atoms with van der Waals surface area (Å²) in [6.45, 7) is 2.73. The summed E-state index contributed by atoms with van der Waals surface area (Å²) in [6, 6.07) is 4.86. The SMILES string of the molecule is CCc1nc(COC(=O)c2ccc(Cl)cc2N2CCCC2=O)cs1. The lowest BCUT2D eigenvalue weighted by Gasteiger charge is -2.19. The number of hydrogen-bond acceptors (Lipinski definition) is 5. The van der Waals surface area contributed by atoms with E-state index >= 15 is 0 Å². The smallest absolute Gasteiger partial charge is 0.340 e. The quantitative estimate of drug-likeness (QED) is 0.756. The molecule has 1 amide bonds. The fraction of sp³-hybridized carbons (Fsp3) is 0.353. The molecule has 0 atom stereocenters. The number of aromatic nitrogens is 1. The third-order valence-corrected chi connectivity index (χ3v) is 5.07. The number of nitrogens with zero attached hydrogens (tertiary/aromatic N) is 2. The molecule has 24 heavy (non-hydrogen) atoms. The monoisotopic (exact) mass is 364 g/mol. The van der Waals surface area contributed by atoms with E-state index in [0.29, 0.717) is 29.2 Å². The van der Waals surface area contributed by atoms with Crippen molar-refractivity contribution in [2.45, 2.75) is 32.8 Å². The molecule has 0 unspecified atom stereocenters. The van der Waals surface area contributed by atoms with Gasteiger partial charge in [-0.2, -0.15) is 0 Å². The van der Waals surface area contributed by atoms with Gasteiger partial charge in [0, 0.05) is 23.4 Å². The summed E-state index contributed by atoms with van der Waals surface area (Å²) in [5.74, 6) is -0.481. The molecule has 0 spiro atoms. The lowest BCUT2D eigenvalue weighted by atomic mass is 10.1. The Morgan fingerprint density at radius 1 is 1.46 bits per heavy atom. The molecule has 7 heteroatoms. The largest absolute Gasteiger partial charge is 0.455 e. The average Bonchev–Trinajstić information content (AvgIpc) is 3.21. The third kappa shape index (κ3) is 3.60. The molecule has 126 valence electrons. The Morgan fingerprint density at radius 3 is 2.96 bits per heavy atom. The molecule has 0 aliphatic carbocycles. The van der Waals surface area contributed by atoms with E-state index in [0.717, 1.165) is 23.5 Å². The highest BCUT2D eigenvalue weighted by Crippen LogP contribution is 2.29. The van der Waals surface area contributed by atoms with Crippen molar-refractivity contribution in [1.29, 1.82) is 0 Å². The van der Waals surface area contributed by atoms with Crippen molar-refractivity contribution < 1.29 is 14.3 Å². The number of aryl methyl sites for hydroxylation is 1. The number of anilines is 1. The van der Waals surface area contributed by atoms with Gasteiger partial charge in [-0.25, -0.2) is 9.78 Å². The Labute approximate surface area is 149 Å². The van der Waals surface area contributed by atoms with E-state index in [1.165, 1.54) is 0 Å². The summed E-state index contributed by atoms with van der Waals surface area (Å²) >= 11 is 7.59. The van der Waals surface area contributed by atoms with E-state index in [2.05, 4.69) is 4.98 Å². The van der Waals surface area contributed by atoms with Crippen LogP contribution in [0.2, 0.25) is 5.02 Å². The van der Waals surface area contributed by atoms with E-state index in [1.807, 2.05) is 12.3 Å². The van der Waals surface area contributed by atoms with Gasteiger partial charge in [0.15, 0.2) is 0 Å². The maximum atomic E-state index is 12.5. The van der Waals surface area contributed by atoms with Crippen LogP contribution in [0.3, 0.4) is 0 Å². The number of thiazole rings is 1. The van der Waals surface area contributed by atoms with Gasteiger partial charge in [0.2, 0.25) is 5.91 Å². The van der Waals surface area contributed by atoms with Gasteiger partial charge in [-0.1, -0.05) is 18.5 Å². The predicted octanol–water partition coefficient (Wildman–Crippen LogP) is 3.84. The highest BCUT2D eigenvalue weighted by molar-refractivity contribution is 7.09. The zero-order chi connectivity index (χ0) is 17.1. The van der Waals surface area contributed by atoms with E-state index in [9.17, 15) is 9.59 Å². The number of rotatable bonds is 5. The van der Waals surface area contributed by atoms with Gasteiger partial charge in [0.05, 0.1) is 22.0 Å². The minimum Gasteiger partial charge on any atom is -0.455 e. The number of ether oxygens (including phenoxy) is 1. The Balaban J connectivity index is 1.77. The van der Waals surface area contributed by atoms with E-state index in [-0.39, 0.29) is 12.5 Å². The Bertz CT molecular complexity index is 775. The second kappa shape index (κ2) is 7.32. The zero-order valence-corrected chi connectivity index (χ0v) is 14.8. The standard InChI is InChI=1S/C17H17ClN2O3S/c1-2-15-19-12(10-24-15)9-23-17(22)13-6-5-11(18)8-14(13)20-7-3-4-16(20)21/h5-6,8,10H,2-4,7,9H2,1H3. The first-order valence-electron chi connectivity index (χ1n) is 7.78. The second-order valence-electron chi connectivity index (χ2n) is 5.47. The number of carbonyl (C=O) groups is 2. The molecule has 2 heterocycles. The molecule has 1 aromatic heterocycles. The van der Waals surface area contributed by atoms with E-state index < -0.39 is 5.97 Å². The first kappa shape index (κ1) is 16.9. The van der Waals surface area contributed by atoms with Crippen LogP contribution in [0.4, 0.5) is 5.69 Å². The molecule has 1 fully saturated rings. The molecule has 0 radical (unpaired) electrons. The molecule has 0 N–H and O–H groups in total. The van der Waals surface area contributed by atoms with Crippen molar-refractivity contribution in [3.8, 4) is 0 Å². The lowest BCUT2D eigenvalue weighted by molar-refractivity contribution is -0.117. The van der Waals surface area contributed by atoms with Crippen LogP contribution in [0, 0.1) is 0 Å². The number of amides is 1. The molecule has 0 saturated carbocycles. The molecule has 5 nitrogen and oxygen atoms in total. The Morgan fingerprint density at radius 2 is 2.29 bits per heavy atom. The topological polar surface area (TPSA) is 59.5 Å². The number of hydrogen-bond donors (Lipinski definition) is 0. The Kier molecular flexibility index (Phi) is 5.16. The van der Waals surface area contributed by atoms with E-state index in [1.54, 1.807) is 34.4 Å². The van der Waals surface area contributed by atoms with Crippen LogP contribution in [0.5, 0.6) is 0 Å². The number of carbonyl (C=O) groups excluding carboxylic acids is 2.